The van der Waals surface area contributed by atoms with Gasteiger partial charge in [-0.05, 0) is 107 Å². The molecule has 7 nitrogen and oxygen atoms in total. The average Bonchev–Trinajstić information content (AvgIpc) is 3.43. The predicted molar refractivity (Wildman–Crippen MR) is 160 cm³/mol. The summed E-state index contributed by atoms with van der Waals surface area (Å²) in [5.41, 5.74) is 2.44. The number of hydrogen-bond acceptors (Lipinski definition) is 5. The van der Waals surface area contributed by atoms with Gasteiger partial charge in [0.15, 0.2) is 0 Å². The second kappa shape index (κ2) is 10.9. The van der Waals surface area contributed by atoms with Crippen molar-refractivity contribution >= 4 is 93.1 Å². The van der Waals surface area contributed by atoms with Gasteiger partial charge in [0.05, 0.1) is 28.8 Å². The second-order valence-corrected chi connectivity index (χ2v) is 12.5. The third-order valence-electron chi connectivity index (χ3n) is 6.97. The first-order chi connectivity index (χ1) is 18.5. The first-order valence-corrected chi connectivity index (χ1v) is 15.1. The maximum Gasteiger partial charge on any atom is 0.316 e. The van der Waals surface area contributed by atoms with Crippen molar-refractivity contribution in [1.29, 1.82) is 0 Å². The summed E-state index contributed by atoms with van der Waals surface area (Å²) in [6.45, 7) is 3.94. The van der Waals surface area contributed by atoms with Crippen LogP contribution in [0.4, 0.5) is 5.69 Å². The standard InChI is InChI=1S/C28H20Br4N2O5/c1-13-10-17(39-28(38)16-11-19(35)33(12-16)14(2)15-6-4-3-5-7-15)8-9-18(13)34-26(36)20-21(27(34)37)23(30)25(32)24(31)22(20)29/h3-10,14,16H,11-12H2,1-2H3/t14-,16+/m1/s1. The van der Waals surface area contributed by atoms with Crippen LogP contribution in [0.3, 0.4) is 0 Å². The van der Waals surface area contributed by atoms with Crippen molar-refractivity contribution in [2.24, 2.45) is 5.92 Å². The van der Waals surface area contributed by atoms with E-state index in [9.17, 15) is 19.2 Å². The first kappa shape index (κ1) is 28.2. The van der Waals surface area contributed by atoms with Gasteiger partial charge in [0.25, 0.3) is 11.8 Å². The first-order valence-electron chi connectivity index (χ1n) is 11.9. The highest BCUT2D eigenvalue weighted by atomic mass is 79.9. The fraction of sp³-hybridized carbons (Fsp3) is 0.214. The predicted octanol–water partition coefficient (Wildman–Crippen LogP) is 7.36. The topological polar surface area (TPSA) is 84.0 Å². The number of nitrogens with zero attached hydrogens (tertiary/aromatic N) is 2. The molecule has 39 heavy (non-hydrogen) atoms. The van der Waals surface area contributed by atoms with E-state index in [1.807, 2.05) is 37.3 Å². The molecule has 3 amide bonds. The fourth-order valence-corrected chi connectivity index (χ4v) is 7.34. The number of likely N-dealkylation sites (tertiary alicyclic amines) is 1. The highest BCUT2D eigenvalue weighted by molar-refractivity contribution is 9.15. The van der Waals surface area contributed by atoms with Crippen LogP contribution in [0.15, 0.2) is 66.4 Å². The molecule has 3 aromatic carbocycles. The van der Waals surface area contributed by atoms with Crippen molar-refractivity contribution in [3.8, 4) is 5.75 Å². The van der Waals surface area contributed by atoms with Crippen LogP contribution in [0.1, 0.15) is 51.2 Å². The number of rotatable bonds is 5. The van der Waals surface area contributed by atoms with Crippen molar-refractivity contribution in [2.75, 3.05) is 11.4 Å². The number of fused-ring (bicyclic) bond motifs is 1. The van der Waals surface area contributed by atoms with Crippen molar-refractivity contribution in [3.63, 3.8) is 0 Å². The number of imide groups is 1. The molecule has 3 aromatic rings. The number of anilines is 1. The number of aryl methyl sites for hydroxylation is 1. The van der Waals surface area contributed by atoms with Crippen molar-refractivity contribution in [1.82, 2.24) is 4.90 Å². The van der Waals surface area contributed by atoms with Gasteiger partial charge >= 0.3 is 5.97 Å². The minimum atomic E-state index is -0.591. The number of carbonyl (C=O) groups is 4. The van der Waals surface area contributed by atoms with E-state index in [1.54, 1.807) is 30.0 Å². The quantitative estimate of drug-likeness (QED) is 0.0889. The number of hydrogen-bond donors (Lipinski definition) is 0. The van der Waals surface area contributed by atoms with Crippen LogP contribution in [-0.2, 0) is 9.59 Å². The van der Waals surface area contributed by atoms with E-state index in [4.69, 9.17) is 4.74 Å². The molecule has 5 rings (SSSR count). The molecule has 2 atom stereocenters. The molecule has 1 saturated heterocycles. The van der Waals surface area contributed by atoms with Crippen molar-refractivity contribution in [2.45, 2.75) is 26.3 Å². The highest BCUT2D eigenvalue weighted by Crippen LogP contribution is 2.46. The van der Waals surface area contributed by atoms with Crippen LogP contribution in [0.5, 0.6) is 5.75 Å². The van der Waals surface area contributed by atoms with Crippen molar-refractivity contribution < 1.29 is 23.9 Å². The Bertz CT molecular complexity index is 1510. The minimum absolute atomic E-state index is 0.0803. The lowest BCUT2D eigenvalue weighted by Crippen LogP contribution is -2.30. The summed E-state index contributed by atoms with van der Waals surface area (Å²) in [6, 6.07) is 14.2. The lowest BCUT2D eigenvalue weighted by Gasteiger charge is -2.25. The smallest absolute Gasteiger partial charge is 0.316 e. The summed E-state index contributed by atoms with van der Waals surface area (Å²) in [7, 11) is 0. The van der Waals surface area contributed by atoms with E-state index >= 15 is 0 Å². The van der Waals surface area contributed by atoms with Crippen LogP contribution in [0.2, 0.25) is 0 Å². The number of esters is 1. The Morgan fingerprint density at radius 2 is 1.49 bits per heavy atom. The van der Waals surface area contributed by atoms with Crippen LogP contribution < -0.4 is 9.64 Å². The molecule has 0 spiro atoms. The molecule has 0 N–H and O–H groups in total. The third kappa shape index (κ3) is 4.92. The molecule has 2 aliphatic heterocycles. The van der Waals surface area contributed by atoms with E-state index in [-0.39, 0.29) is 41.8 Å². The Balaban J connectivity index is 1.33. The van der Waals surface area contributed by atoms with Gasteiger partial charge in [0.1, 0.15) is 5.75 Å². The van der Waals surface area contributed by atoms with E-state index in [1.165, 1.54) is 0 Å². The molecule has 0 radical (unpaired) electrons. The summed E-state index contributed by atoms with van der Waals surface area (Å²) in [4.78, 5) is 55.2. The number of benzene rings is 3. The molecule has 0 aliphatic carbocycles. The molecule has 1 fully saturated rings. The molecule has 2 heterocycles. The van der Waals surface area contributed by atoms with Gasteiger partial charge in [-0.3, -0.25) is 19.2 Å². The molecule has 200 valence electrons. The molecule has 0 bridgehead atoms. The summed E-state index contributed by atoms with van der Waals surface area (Å²) < 4.78 is 7.79. The molecular weight excluding hydrogens is 764 g/mol. The van der Waals surface area contributed by atoms with E-state index < -0.39 is 23.7 Å². The highest BCUT2D eigenvalue weighted by Gasteiger charge is 2.42. The minimum Gasteiger partial charge on any atom is -0.426 e. The van der Waals surface area contributed by atoms with E-state index in [2.05, 4.69) is 63.7 Å². The third-order valence-corrected chi connectivity index (χ3v) is 11.7. The monoisotopic (exact) mass is 780 g/mol. The van der Waals surface area contributed by atoms with Crippen LogP contribution in [-0.4, -0.2) is 35.1 Å². The fourth-order valence-electron chi connectivity index (χ4n) is 4.89. The lowest BCUT2D eigenvalue weighted by molar-refractivity contribution is -0.139. The molecular formula is C28H20Br4N2O5. The van der Waals surface area contributed by atoms with Gasteiger partial charge < -0.3 is 9.64 Å². The van der Waals surface area contributed by atoms with Gasteiger partial charge in [0.2, 0.25) is 5.91 Å². The molecule has 0 saturated carbocycles. The summed E-state index contributed by atoms with van der Waals surface area (Å²) in [5, 5.41) is 0. The zero-order chi connectivity index (χ0) is 28.2. The Hall–Kier alpha value is -2.34. The number of amides is 3. The van der Waals surface area contributed by atoms with Crippen molar-refractivity contribution in [3.05, 3.63) is 88.7 Å². The molecule has 0 aromatic heterocycles. The van der Waals surface area contributed by atoms with Crippen LogP contribution in [0.25, 0.3) is 0 Å². The lowest BCUT2D eigenvalue weighted by atomic mass is 10.1. The van der Waals surface area contributed by atoms with Gasteiger partial charge in [0, 0.05) is 30.9 Å². The maximum absolute atomic E-state index is 13.3. The molecule has 11 heteroatoms. The van der Waals surface area contributed by atoms with Crippen LogP contribution >= 0.6 is 63.7 Å². The largest absolute Gasteiger partial charge is 0.426 e. The Morgan fingerprint density at radius 3 is 2.05 bits per heavy atom. The number of halogens is 4. The summed E-state index contributed by atoms with van der Waals surface area (Å²) >= 11 is 13.7. The van der Waals surface area contributed by atoms with E-state index in [0.717, 1.165) is 10.5 Å². The maximum atomic E-state index is 13.3. The number of carbonyl (C=O) groups excluding carboxylic acids is 4. The average molecular weight is 784 g/mol. The second-order valence-electron chi connectivity index (χ2n) is 9.35. The Kier molecular flexibility index (Phi) is 7.89. The number of ether oxygens (including phenoxy) is 1. The SMILES string of the molecule is Cc1cc(OC(=O)[C@H]2CC(=O)N([C@H](C)c3ccccc3)C2)ccc1N1C(=O)c2c(Br)c(Br)c(Br)c(Br)c2C1=O. The zero-order valence-corrected chi connectivity index (χ0v) is 27.0. The summed E-state index contributed by atoms with van der Waals surface area (Å²) in [5.74, 6) is -1.86. The zero-order valence-electron chi connectivity index (χ0n) is 20.6. The molecule has 0 unspecified atom stereocenters. The Morgan fingerprint density at radius 1 is 0.897 bits per heavy atom. The van der Waals surface area contributed by atoms with Gasteiger partial charge in [-0.2, -0.15) is 0 Å². The van der Waals surface area contributed by atoms with Gasteiger partial charge in [-0.25, -0.2) is 4.90 Å². The normalized spacial score (nSPS) is 17.6. The van der Waals surface area contributed by atoms with E-state index in [0.29, 0.717) is 29.1 Å². The van der Waals surface area contributed by atoms with Crippen LogP contribution in [0, 0.1) is 12.8 Å². The Labute approximate surface area is 258 Å². The summed E-state index contributed by atoms with van der Waals surface area (Å²) in [6.07, 6.45) is 0.0803. The van der Waals surface area contributed by atoms with Gasteiger partial charge in [-0.15, -0.1) is 0 Å². The molecule has 2 aliphatic rings. The van der Waals surface area contributed by atoms with Gasteiger partial charge in [-0.1, -0.05) is 30.3 Å².